The lowest BCUT2D eigenvalue weighted by Crippen LogP contribution is -2.26. The number of carbonyl (C=O) groups is 1. The third-order valence-electron chi connectivity index (χ3n) is 4.25. The highest BCUT2D eigenvalue weighted by atomic mass is 35.5. The smallest absolute Gasteiger partial charge is 0.145 e. The van der Waals surface area contributed by atoms with Crippen molar-refractivity contribution in [2.24, 2.45) is 5.92 Å². The molecule has 2 rings (SSSR count). The topological polar surface area (TPSA) is 26.3 Å². The van der Waals surface area contributed by atoms with Crippen molar-refractivity contribution in [1.29, 1.82) is 0 Å². The number of Topliss-reactive ketones (excluding diaryl/α,β-unsaturated/α-hetero) is 1. The minimum Gasteiger partial charge on any atom is -0.496 e. The number of rotatable bonds is 3. The lowest BCUT2D eigenvalue weighted by atomic mass is 9.72. The van der Waals surface area contributed by atoms with E-state index in [1.165, 1.54) is 0 Å². The van der Waals surface area contributed by atoms with Crippen LogP contribution in [0, 0.1) is 17.8 Å². The first-order valence-corrected chi connectivity index (χ1v) is 7.92. The molecule has 1 aromatic rings. The highest BCUT2D eigenvalue weighted by Crippen LogP contribution is 2.45. The molecule has 1 aliphatic rings. The molecular weight excluding hydrogens is 308 g/mol. The summed E-state index contributed by atoms with van der Waals surface area (Å²) in [7, 11) is 1.57. The molecule has 2 nitrogen and oxygen atoms in total. The Morgan fingerprint density at radius 3 is 2.61 bits per heavy atom. The van der Waals surface area contributed by atoms with Gasteiger partial charge in [-0.25, -0.2) is 0 Å². The Hall–Kier alpha value is -1.98. The van der Waals surface area contributed by atoms with Gasteiger partial charge in [-0.3, -0.25) is 4.79 Å². The maximum absolute atomic E-state index is 12.7. The molecule has 1 aromatic carbocycles. The average Bonchev–Trinajstić information content (AvgIpc) is 2.48. The number of hydrogen-bond donors (Lipinski definition) is 0. The van der Waals surface area contributed by atoms with Gasteiger partial charge in [-0.1, -0.05) is 41.8 Å². The minimum atomic E-state index is -0.420. The van der Waals surface area contributed by atoms with E-state index in [2.05, 4.69) is 25.0 Å². The molecule has 0 aliphatic heterocycles. The number of allylic oxidation sites excluding steroid dienone is 2. The van der Waals surface area contributed by atoms with E-state index < -0.39 is 5.92 Å². The monoisotopic (exact) mass is 328 g/mol. The summed E-state index contributed by atoms with van der Waals surface area (Å²) in [5, 5.41) is 0.496. The van der Waals surface area contributed by atoms with Gasteiger partial charge in [0.15, 0.2) is 0 Å². The van der Waals surface area contributed by atoms with E-state index in [-0.39, 0.29) is 11.7 Å². The molecule has 0 bridgehead atoms. The van der Waals surface area contributed by atoms with Crippen molar-refractivity contribution >= 4 is 17.4 Å². The number of hydrogen-bond acceptors (Lipinski definition) is 2. The summed E-state index contributed by atoms with van der Waals surface area (Å²) in [6, 6.07) is 3.60. The van der Waals surface area contributed by atoms with Crippen LogP contribution in [0.5, 0.6) is 5.75 Å². The molecule has 0 amide bonds. The Morgan fingerprint density at radius 2 is 2.09 bits per heavy atom. The van der Waals surface area contributed by atoms with Gasteiger partial charge in [0.05, 0.1) is 13.0 Å². The van der Waals surface area contributed by atoms with Crippen LogP contribution in [0.2, 0.25) is 5.02 Å². The van der Waals surface area contributed by atoms with E-state index in [9.17, 15) is 4.79 Å². The molecular formula is C20H21ClO2. The standard InChI is InChI=1S/C20H21ClO2/c1-6-7-14-9-16(21)20(18(10-14)23-5)19-13(4)8-15(12(2)3)11-17(19)22/h9-10,15,19H,2,4,8,11H2,1,3,5H3. The SMILES string of the molecule is C=C(C)C1CC(=C)C(c2c(Cl)cc(C#CC)cc2OC)C(=O)C1. The zero-order chi connectivity index (χ0) is 17.1. The summed E-state index contributed by atoms with van der Waals surface area (Å²) in [5.41, 5.74) is 3.35. The fourth-order valence-electron chi connectivity index (χ4n) is 3.07. The van der Waals surface area contributed by atoms with Crippen molar-refractivity contribution in [2.75, 3.05) is 7.11 Å². The maximum atomic E-state index is 12.7. The fraction of sp³-hybridized carbons (Fsp3) is 0.350. The van der Waals surface area contributed by atoms with Crippen LogP contribution < -0.4 is 4.74 Å². The van der Waals surface area contributed by atoms with Crippen LogP contribution in [-0.2, 0) is 4.79 Å². The molecule has 0 aromatic heterocycles. The van der Waals surface area contributed by atoms with Gasteiger partial charge >= 0.3 is 0 Å². The molecule has 0 N–H and O–H groups in total. The number of halogens is 1. The Kier molecular flexibility index (Phi) is 5.34. The molecule has 0 radical (unpaired) electrons. The number of carbonyl (C=O) groups excluding carboxylic acids is 1. The van der Waals surface area contributed by atoms with Crippen LogP contribution >= 0.6 is 11.6 Å². The van der Waals surface area contributed by atoms with Crippen molar-refractivity contribution in [2.45, 2.75) is 32.6 Å². The predicted molar refractivity (Wildman–Crippen MR) is 95.0 cm³/mol. The van der Waals surface area contributed by atoms with Crippen LogP contribution in [-0.4, -0.2) is 12.9 Å². The van der Waals surface area contributed by atoms with E-state index in [0.717, 1.165) is 23.1 Å². The second-order valence-corrected chi connectivity index (χ2v) is 6.37. The van der Waals surface area contributed by atoms with Gasteiger partial charge in [0.25, 0.3) is 0 Å². The first kappa shape index (κ1) is 17.4. The second-order valence-electron chi connectivity index (χ2n) is 5.96. The number of ketones is 1. The normalized spacial score (nSPS) is 20.7. The Balaban J connectivity index is 2.49. The predicted octanol–water partition coefficient (Wildman–Crippen LogP) is 4.92. The zero-order valence-electron chi connectivity index (χ0n) is 13.8. The van der Waals surface area contributed by atoms with Crippen molar-refractivity contribution in [3.05, 3.63) is 52.6 Å². The maximum Gasteiger partial charge on any atom is 0.145 e. The van der Waals surface area contributed by atoms with Gasteiger partial charge in [0.2, 0.25) is 0 Å². The summed E-state index contributed by atoms with van der Waals surface area (Å²) >= 11 is 6.45. The first-order valence-electron chi connectivity index (χ1n) is 7.55. The third-order valence-corrected chi connectivity index (χ3v) is 4.57. The number of methoxy groups -OCH3 is 1. The molecule has 0 saturated heterocycles. The van der Waals surface area contributed by atoms with Crippen LogP contribution in [0.1, 0.15) is 43.7 Å². The summed E-state index contributed by atoms with van der Waals surface area (Å²) in [6.45, 7) is 11.8. The second kappa shape index (κ2) is 7.06. The minimum absolute atomic E-state index is 0.115. The summed E-state index contributed by atoms with van der Waals surface area (Å²) in [5.74, 6) is 6.25. The van der Waals surface area contributed by atoms with E-state index in [4.69, 9.17) is 16.3 Å². The quantitative estimate of drug-likeness (QED) is 0.582. The summed E-state index contributed by atoms with van der Waals surface area (Å²) in [4.78, 5) is 12.7. The molecule has 23 heavy (non-hydrogen) atoms. The van der Waals surface area contributed by atoms with Gasteiger partial charge in [-0.05, 0) is 38.3 Å². The number of ether oxygens (including phenoxy) is 1. The highest BCUT2D eigenvalue weighted by Gasteiger charge is 2.35. The van der Waals surface area contributed by atoms with Gasteiger partial charge in [0.1, 0.15) is 11.5 Å². The zero-order valence-corrected chi connectivity index (χ0v) is 14.6. The molecule has 1 saturated carbocycles. The summed E-state index contributed by atoms with van der Waals surface area (Å²) in [6.07, 6.45) is 1.22. The third kappa shape index (κ3) is 3.51. The summed E-state index contributed by atoms with van der Waals surface area (Å²) < 4.78 is 5.47. The van der Waals surface area contributed by atoms with Crippen molar-refractivity contribution < 1.29 is 9.53 Å². The van der Waals surface area contributed by atoms with Crippen LogP contribution in [0.3, 0.4) is 0 Å². The molecule has 0 heterocycles. The average molecular weight is 329 g/mol. The van der Waals surface area contributed by atoms with Crippen LogP contribution in [0.15, 0.2) is 36.4 Å². The van der Waals surface area contributed by atoms with E-state index in [1.54, 1.807) is 20.1 Å². The molecule has 1 fully saturated rings. The van der Waals surface area contributed by atoms with Gasteiger partial charge in [-0.2, -0.15) is 0 Å². The Bertz CT molecular complexity index is 716. The lowest BCUT2D eigenvalue weighted by Gasteiger charge is -2.31. The number of benzene rings is 1. The van der Waals surface area contributed by atoms with Crippen molar-refractivity contribution in [3.8, 4) is 17.6 Å². The van der Waals surface area contributed by atoms with Gasteiger partial charge < -0.3 is 4.74 Å². The molecule has 0 spiro atoms. The van der Waals surface area contributed by atoms with E-state index in [0.29, 0.717) is 22.8 Å². The highest BCUT2D eigenvalue weighted by molar-refractivity contribution is 6.32. The first-order chi connectivity index (χ1) is 10.9. The van der Waals surface area contributed by atoms with Gasteiger partial charge in [-0.15, -0.1) is 5.92 Å². The lowest BCUT2D eigenvalue weighted by molar-refractivity contribution is -0.121. The van der Waals surface area contributed by atoms with Crippen LogP contribution in [0.25, 0.3) is 0 Å². The molecule has 3 heteroatoms. The molecule has 1 aliphatic carbocycles. The van der Waals surface area contributed by atoms with Gasteiger partial charge in [0, 0.05) is 22.6 Å². The van der Waals surface area contributed by atoms with E-state index >= 15 is 0 Å². The van der Waals surface area contributed by atoms with E-state index in [1.807, 2.05) is 13.0 Å². The molecule has 2 unspecified atom stereocenters. The van der Waals surface area contributed by atoms with Crippen molar-refractivity contribution in [1.82, 2.24) is 0 Å². The fourth-order valence-corrected chi connectivity index (χ4v) is 3.39. The van der Waals surface area contributed by atoms with Crippen molar-refractivity contribution in [3.63, 3.8) is 0 Å². The van der Waals surface area contributed by atoms with Crippen LogP contribution in [0.4, 0.5) is 0 Å². The Morgan fingerprint density at radius 1 is 1.39 bits per heavy atom. The largest absolute Gasteiger partial charge is 0.496 e. The molecule has 2 atom stereocenters. The Labute approximate surface area is 143 Å². The molecule has 120 valence electrons.